The molecule has 7 heteroatoms. The van der Waals surface area contributed by atoms with Gasteiger partial charge in [0.05, 0.1) is 12.1 Å². The van der Waals surface area contributed by atoms with Gasteiger partial charge < -0.3 is 14.3 Å². The Morgan fingerprint density at radius 2 is 1.76 bits per heavy atom. The topological polar surface area (TPSA) is 76.2 Å². The van der Waals surface area contributed by atoms with Gasteiger partial charge in [0.25, 0.3) is 0 Å². The lowest BCUT2D eigenvalue weighted by molar-refractivity contribution is -0.121. The first-order chi connectivity index (χ1) is 16.8. The first-order valence-corrected chi connectivity index (χ1v) is 12.2. The van der Waals surface area contributed by atoms with E-state index in [4.69, 9.17) is 4.42 Å². The lowest BCUT2D eigenvalue weighted by Gasteiger charge is -2.24. The van der Waals surface area contributed by atoms with Gasteiger partial charge in [-0.25, -0.2) is 0 Å². The maximum Gasteiger partial charge on any atom is 0.249 e. The maximum absolute atomic E-state index is 12.6. The van der Waals surface area contributed by atoms with Crippen LogP contribution in [0, 0.1) is 0 Å². The maximum atomic E-state index is 12.6. The summed E-state index contributed by atoms with van der Waals surface area (Å²) in [5, 5.41) is 12.7. The number of likely N-dealkylation sites (tertiary alicyclic amines) is 1. The lowest BCUT2D eigenvalue weighted by atomic mass is 10.1. The third-order valence-corrected chi connectivity index (χ3v) is 6.41. The van der Waals surface area contributed by atoms with Crippen LogP contribution in [0.3, 0.4) is 0 Å². The van der Waals surface area contributed by atoms with E-state index in [-0.39, 0.29) is 12.5 Å². The molecule has 0 aliphatic carbocycles. The Morgan fingerprint density at radius 1 is 0.971 bits per heavy atom. The Balaban J connectivity index is 1.24. The van der Waals surface area contributed by atoms with Crippen LogP contribution in [-0.4, -0.2) is 45.2 Å². The number of hydrogen-bond acceptors (Lipinski definition) is 5. The molecule has 1 saturated heterocycles. The minimum atomic E-state index is -0.00307. The minimum Gasteiger partial charge on any atom is -0.419 e. The van der Waals surface area contributed by atoms with E-state index in [1.54, 1.807) is 0 Å². The summed E-state index contributed by atoms with van der Waals surface area (Å²) < 4.78 is 8.01. The van der Waals surface area contributed by atoms with E-state index >= 15 is 0 Å². The number of piperidine rings is 1. The molecule has 0 spiro atoms. The van der Waals surface area contributed by atoms with Crippen molar-refractivity contribution in [2.24, 2.45) is 0 Å². The van der Waals surface area contributed by atoms with E-state index in [0.29, 0.717) is 24.9 Å². The zero-order chi connectivity index (χ0) is 23.2. The fourth-order valence-electron chi connectivity index (χ4n) is 4.66. The highest BCUT2D eigenvalue weighted by Crippen LogP contribution is 2.30. The molecule has 0 atom stereocenters. The van der Waals surface area contributed by atoms with Gasteiger partial charge in [0.2, 0.25) is 17.7 Å². The van der Waals surface area contributed by atoms with Gasteiger partial charge in [0.1, 0.15) is 6.54 Å². The van der Waals surface area contributed by atoms with E-state index in [0.717, 1.165) is 42.4 Å². The highest BCUT2D eigenvalue weighted by Gasteiger charge is 2.19. The molecule has 1 N–H and O–H groups in total. The smallest absolute Gasteiger partial charge is 0.249 e. The van der Waals surface area contributed by atoms with Crippen molar-refractivity contribution >= 4 is 16.8 Å². The van der Waals surface area contributed by atoms with Crippen LogP contribution in [0.2, 0.25) is 0 Å². The molecule has 1 fully saturated rings. The number of hydrogen-bond donors (Lipinski definition) is 1. The SMILES string of the molecule is O=C(Cn1cc(-c2nnc(CN3CCCCC3)o2)c2ccccc21)NCCCc1ccccc1. The summed E-state index contributed by atoms with van der Waals surface area (Å²) in [6.07, 6.45) is 7.56. The van der Waals surface area contributed by atoms with Crippen molar-refractivity contribution in [2.75, 3.05) is 19.6 Å². The average molecular weight is 458 g/mol. The Hall–Kier alpha value is -3.45. The molecule has 1 amide bonds. The number of para-hydroxylation sites is 1. The monoisotopic (exact) mass is 457 g/mol. The zero-order valence-electron chi connectivity index (χ0n) is 19.4. The van der Waals surface area contributed by atoms with Crippen LogP contribution in [-0.2, 0) is 24.3 Å². The van der Waals surface area contributed by atoms with Crippen molar-refractivity contribution in [1.82, 2.24) is 25.0 Å². The second kappa shape index (κ2) is 10.7. The number of amides is 1. The number of aryl methyl sites for hydroxylation is 1. The number of rotatable bonds is 9. The predicted molar refractivity (Wildman–Crippen MR) is 132 cm³/mol. The Labute approximate surface area is 199 Å². The highest BCUT2D eigenvalue weighted by atomic mass is 16.4. The Bertz CT molecular complexity index is 1220. The summed E-state index contributed by atoms with van der Waals surface area (Å²) in [6, 6.07) is 18.4. The fourth-order valence-corrected chi connectivity index (χ4v) is 4.66. The minimum absolute atomic E-state index is 0.00307. The molecule has 4 aromatic rings. The third-order valence-electron chi connectivity index (χ3n) is 6.41. The molecular formula is C27H31N5O2. The number of nitrogens with zero attached hydrogens (tertiary/aromatic N) is 4. The van der Waals surface area contributed by atoms with Gasteiger partial charge in [-0.1, -0.05) is 55.0 Å². The standard InChI is InChI=1S/C27H31N5O2/c33-25(28-15-9-12-21-10-3-1-4-11-21)19-32-18-23(22-13-5-6-14-24(22)32)27-30-29-26(34-27)20-31-16-7-2-8-17-31/h1,3-6,10-11,13-14,18H,2,7-9,12,15-17,19-20H2,(H,28,33). The van der Waals surface area contributed by atoms with Crippen molar-refractivity contribution in [2.45, 2.75) is 45.2 Å². The van der Waals surface area contributed by atoms with Crippen LogP contribution in [0.25, 0.3) is 22.4 Å². The Morgan fingerprint density at radius 3 is 2.62 bits per heavy atom. The van der Waals surface area contributed by atoms with E-state index in [2.05, 4.69) is 32.5 Å². The van der Waals surface area contributed by atoms with Crippen molar-refractivity contribution in [3.63, 3.8) is 0 Å². The average Bonchev–Trinajstić information content (AvgIpc) is 3.48. The number of benzene rings is 2. The van der Waals surface area contributed by atoms with Gasteiger partial charge >= 0.3 is 0 Å². The van der Waals surface area contributed by atoms with Gasteiger partial charge in [-0.3, -0.25) is 9.69 Å². The van der Waals surface area contributed by atoms with Gasteiger partial charge in [-0.2, -0.15) is 0 Å². The molecule has 5 rings (SSSR count). The summed E-state index contributed by atoms with van der Waals surface area (Å²) >= 11 is 0. The lowest BCUT2D eigenvalue weighted by Crippen LogP contribution is -2.29. The number of carbonyl (C=O) groups excluding carboxylic acids is 1. The molecule has 2 aromatic carbocycles. The summed E-state index contributed by atoms with van der Waals surface area (Å²) in [4.78, 5) is 15.0. The first-order valence-electron chi connectivity index (χ1n) is 12.2. The van der Waals surface area contributed by atoms with E-state index in [9.17, 15) is 4.79 Å². The van der Waals surface area contributed by atoms with Crippen molar-refractivity contribution in [3.05, 3.63) is 72.2 Å². The van der Waals surface area contributed by atoms with Gasteiger partial charge in [-0.05, 0) is 50.4 Å². The normalized spacial score (nSPS) is 14.5. The summed E-state index contributed by atoms with van der Waals surface area (Å²) in [7, 11) is 0. The van der Waals surface area contributed by atoms with Gasteiger partial charge in [0, 0.05) is 23.6 Å². The molecule has 176 valence electrons. The van der Waals surface area contributed by atoms with Crippen LogP contribution >= 0.6 is 0 Å². The summed E-state index contributed by atoms with van der Waals surface area (Å²) in [5.74, 6) is 1.15. The van der Waals surface area contributed by atoms with E-state index in [1.165, 1.54) is 24.8 Å². The highest BCUT2D eigenvalue weighted by molar-refractivity contribution is 5.94. The van der Waals surface area contributed by atoms with Crippen molar-refractivity contribution < 1.29 is 9.21 Å². The molecule has 1 aliphatic heterocycles. The molecular weight excluding hydrogens is 426 g/mol. The number of fused-ring (bicyclic) bond motifs is 1. The quantitative estimate of drug-likeness (QED) is 0.377. The van der Waals surface area contributed by atoms with E-state index in [1.807, 2.05) is 53.2 Å². The summed E-state index contributed by atoms with van der Waals surface area (Å²) in [6.45, 7) is 3.76. The Kier molecular flexibility index (Phi) is 7.00. The first kappa shape index (κ1) is 22.3. The van der Waals surface area contributed by atoms with Gasteiger partial charge in [-0.15, -0.1) is 10.2 Å². The molecule has 0 unspecified atom stereocenters. The largest absolute Gasteiger partial charge is 0.419 e. The van der Waals surface area contributed by atoms with Crippen LogP contribution < -0.4 is 5.32 Å². The van der Waals surface area contributed by atoms with Gasteiger partial charge in [0.15, 0.2) is 0 Å². The van der Waals surface area contributed by atoms with Crippen LogP contribution in [0.15, 0.2) is 65.2 Å². The molecule has 0 saturated carbocycles. The zero-order valence-corrected chi connectivity index (χ0v) is 19.4. The second-order valence-corrected chi connectivity index (χ2v) is 8.96. The van der Waals surface area contributed by atoms with Crippen molar-refractivity contribution in [3.8, 4) is 11.5 Å². The van der Waals surface area contributed by atoms with E-state index < -0.39 is 0 Å². The molecule has 3 heterocycles. The second-order valence-electron chi connectivity index (χ2n) is 8.96. The molecule has 1 aliphatic rings. The number of nitrogens with one attached hydrogen (secondary N) is 1. The van der Waals surface area contributed by atoms with Crippen LogP contribution in [0.4, 0.5) is 0 Å². The van der Waals surface area contributed by atoms with Crippen LogP contribution in [0.1, 0.15) is 37.1 Å². The molecule has 0 bridgehead atoms. The summed E-state index contributed by atoms with van der Waals surface area (Å²) in [5.41, 5.74) is 3.13. The van der Waals surface area contributed by atoms with Crippen LogP contribution in [0.5, 0.6) is 0 Å². The fraction of sp³-hybridized carbons (Fsp3) is 0.370. The number of aromatic nitrogens is 3. The predicted octanol–water partition coefficient (Wildman–Crippen LogP) is 4.43. The molecule has 7 nitrogen and oxygen atoms in total. The van der Waals surface area contributed by atoms with Crippen molar-refractivity contribution in [1.29, 1.82) is 0 Å². The molecule has 2 aromatic heterocycles. The number of carbonyl (C=O) groups is 1. The molecule has 34 heavy (non-hydrogen) atoms. The third kappa shape index (κ3) is 5.37. The molecule has 0 radical (unpaired) electrons.